The van der Waals surface area contributed by atoms with E-state index in [1.807, 2.05) is 35.9 Å². The molecule has 1 aromatic heterocycles. The van der Waals surface area contributed by atoms with Gasteiger partial charge in [-0.25, -0.2) is 0 Å². The Labute approximate surface area is 158 Å². The van der Waals surface area contributed by atoms with Gasteiger partial charge in [-0.3, -0.25) is 0 Å². The van der Waals surface area contributed by atoms with Crippen molar-refractivity contribution in [2.75, 3.05) is 0 Å². The van der Waals surface area contributed by atoms with Crippen LogP contribution in [-0.4, -0.2) is 14.8 Å². The molecule has 0 unspecified atom stereocenters. The number of rotatable bonds is 4. The number of aromatic nitrogens is 3. The summed E-state index contributed by atoms with van der Waals surface area (Å²) < 4.78 is 2.02. The second-order valence-corrected chi connectivity index (χ2v) is 8.24. The van der Waals surface area contributed by atoms with Crippen LogP contribution in [0.5, 0.6) is 0 Å². The van der Waals surface area contributed by atoms with Crippen LogP contribution in [-0.2, 0) is 18.2 Å². The molecule has 0 spiro atoms. The summed E-state index contributed by atoms with van der Waals surface area (Å²) in [6, 6.07) is 18.4. The molecule has 4 nitrogen and oxygen atoms in total. The molecule has 0 amide bonds. The Kier molecular flexibility index (Phi) is 5.15. The van der Waals surface area contributed by atoms with Gasteiger partial charge in [-0.1, -0.05) is 68.9 Å². The van der Waals surface area contributed by atoms with E-state index in [4.69, 9.17) is 5.26 Å². The maximum Gasteiger partial charge on any atom is 0.191 e. The minimum absolute atomic E-state index is 0.136. The summed E-state index contributed by atoms with van der Waals surface area (Å²) in [4.78, 5) is 0. The number of benzene rings is 2. The third kappa shape index (κ3) is 3.97. The van der Waals surface area contributed by atoms with E-state index in [0.717, 1.165) is 27.9 Å². The summed E-state index contributed by atoms with van der Waals surface area (Å²) in [6.45, 7) is 6.63. The van der Waals surface area contributed by atoms with Gasteiger partial charge in [-0.05, 0) is 28.7 Å². The van der Waals surface area contributed by atoms with Crippen LogP contribution in [0.1, 0.15) is 37.5 Å². The molecule has 3 rings (SSSR count). The molecule has 0 radical (unpaired) electrons. The summed E-state index contributed by atoms with van der Waals surface area (Å²) >= 11 is 1.62. The standard InChI is InChI=1S/C21H22N4S/c1-21(2,3)18-10-8-17(9-11-18)19-23-24-20(25(19)4)26-14-16-7-5-6-15(12-16)13-22/h5-12H,14H2,1-4H3. The van der Waals surface area contributed by atoms with E-state index in [9.17, 15) is 0 Å². The quantitative estimate of drug-likeness (QED) is 0.617. The molecule has 0 N–H and O–H groups in total. The van der Waals surface area contributed by atoms with Gasteiger partial charge < -0.3 is 4.57 Å². The highest BCUT2D eigenvalue weighted by Gasteiger charge is 2.15. The average Bonchev–Trinajstić information content (AvgIpc) is 3.00. The molecule has 0 atom stereocenters. The van der Waals surface area contributed by atoms with Crippen molar-refractivity contribution in [3.8, 4) is 17.5 Å². The highest BCUT2D eigenvalue weighted by Crippen LogP contribution is 2.28. The van der Waals surface area contributed by atoms with E-state index in [0.29, 0.717) is 5.56 Å². The van der Waals surface area contributed by atoms with E-state index < -0.39 is 0 Å². The zero-order valence-electron chi connectivity index (χ0n) is 15.5. The first-order chi connectivity index (χ1) is 12.4. The van der Waals surface area contributed by atoms with Gasteiger partial charge >= 0.3 is 0 Å². The lowest BCUT2D eigenvalue weighted by Gasteiger charge is -2.19. The Hall–Kier alpha value is -2.58. The molecule has 0 saturated carbocycles. The van der Waals surface area contributed by atoms with Crippen molar-refractivity contribution in [2.45, 2.75) is 37.1 Å². The highest BCUT2D eigenvalue weighted by molar-refractivity contribution is 7.98. The van der Waals surface area contributed by atoms with E-state index in [1.165, 1.54) is 5.56 Å². The molecule has 0 fully saturated rings. The normalized spacial score (nSPS) is 11.3. The molecule has 0 aliphatic carbocycles. The van der Waals surface area contributed by atoms with Gasteiger partial charge in [-0.15, -0.1) is 10.2 Å². The van der Waals surface area contributed by atoms with Crippen LogP contribution in [0.15, 0.2) is 53.7 Å². The molecule has 132 valence electrons. The number of hydrogen-bond acceptors (Lipinski definition) is 4. The van der Waals surface area contributed by atoms with Gasteiger partial charge in [0.2, 0.25) is 0 Å². The largest absolute Gasteiger partial charge is 0.305 e. The Morgan fingerprint density at radius 1 is 1.08 bits per heavy atom. The fourth-order valence-corrected chi connectivity index (χ4v) is 3.54. The van der Waals surface area contributed by atoms with E-state index in [-0.39, 0.29) is 5.41 Å². The van der Waals surface area contributed by atoms with Crippen LogP contribution in [0.3, 0.4) is 0 Å². The van der Waals surface area contributed by atoms with Crippen molar-refractivity contribution in [1.82, 2.24) is 14.8 Å². The fourth-order valence-electron chi connectivity index (χ4n) is 2.69. The predicted octanol–water partition coefficient (Wildman–Crippen LogP) is 4.94. The SMILES string of the molecule is Cn1c(SCc2cccc(C#N)c2)nnc1-c1ccc(C(C)(C)C)cc1. The smallest absolute Gasteiger partial charge is 0.191 e. The maximum absolute atomic E-state index is 9.01. The lowest BCUT2D eigenvalue weighted by molar-refractivity contribution is 0.590. The third-order valence-corrected chi connectivity index (χ3v) is 5.36. The molecule has 1 heterocycles. The summed E-state index contributed by atoms with van der Waals surface area (Å²) in [5.41, 5.74) is 4.28. The second kappa shape index (κ2) is 7.35. The van der Waals surface area contributed by atoms with E-state index in [1.54, 1.807) is 11.8 Å². The van der Waals surface area contributed by atoms with Gasteiger partial charge in [0.05, 0.1) is 11.6 Å². The van der Waals surface area contributed by atoms with Crippen molar-refractivity contribution in [3.63, 3.8) is 0 Å². The van der Waals surface area contributed by atoms with Crippen molar-refractivity contribution in [1.29, 1.82) is 5.26 Å². The van der Waals surface area contributed by atoms with E-state index in [2.05, 4.69) is 61.3 Å². The fraction of sp³-hybridized carbons (Fsp3) is 0.286. The van der Waals surface area contributed by atoms with Gasteiger partial charge in [0, 0.05) is 18.4 Å². The minimum atomic E-state index is 0.136. The minimum Gasteiger partial charge on any atom is -0.305 e. The van der Waals surface area contributed by atoms with Crippen molar-refractivity contribution in [2.24, 2.45) is 7.05 Å². The van der Waals surface area contributed by atoms with Gasteiger partial charge in [0.15, 0.2) is 11.0 Å². The van der Waals surface area contributed by atoms with Crippen LogP contribution in [0.2, 0.25) is 0 Å². The third-order valence-electron chi connectivity index (χ3n) is 4.27. The number of nitriles is 1. The molecule has 0 aliphatic rings. The molecule has 2 aromatic carbocycles. The first-order valence-electron chi connectivity index (χ1n) is 8.50. The van der Waals surface area contributed by atoms with Crippen LogP contribution in [0, 0.1) is 11.3 Å². The average molecular weight is 363 g/mol. The summed E-state index contributed by atoms with van der Waals surface area (Å²) in [7, 11) is 1.99. The first kappa shape index (κ1) is 18.2. The van der Waals surface area contributed by atoms with Crippen molar-refractivity contribution < 1.29 is 0 Å². The Morgan fingerprint density at radius 3 is 2.46 bits per heavy atom. The molecule has 26 heavy (non-hydrogen) atoms. The summed E-state index contributed by atoms with van der Waals surface area (Å²) in [6.07, 6.45) is 0. The molecular formula is C21H22N4S. The maximum atomic E-state index is 9.01. The molecule has 3 aromatic rings. The lowest BCUT2D eigenvalue weighted by atomic mass is 9.87. The molecule has 5 heteroatoms. The summed E-state index contributed by atoms with van der Waals surface area (Å²) in [5.74, 6) is 1.61. The van der Waals surface area contributed by atoms with Gasteiger partial charge in [0.25, 0.3) is 0 Å². The Morgan fingerprint density at radius 2 is 1.81 bits per heavy atom. The van der Waals surface area contributed by atoms with Crippen molar-refractivity contribution in [3.05, 3.63) is 65.2 Å². The molecule has 0 aliphatic heterocycles. The highest BCUT2D eigenvalue weighted by atomic mass is 32.2. The predicted molar refractivity (Wildman–Crippen MR) is 106 cm³/mol. The molecular weight excluding hydrogens is 340 g/mol. The van der Waals surface area contributed by atoms with E-state index >= 15 is 0 Å². The lowest BCUT2D eigenvalue weighted by Crippen LogP contribution is -2.10. The first-order valence-corrected chi connectivity index (χ1v) is 9.49. The summed E-state index contributed by atoms with van der Waals surface area (Å²) in [5, 5.41) is 18.6. The van der Waals surface area contributed by atoms with Gasteiger partial charge in [-0.2, -0.15) is 5.26 Å². The van der Waals surface area contributed by atoms with Crippen LogP contribution >= 0.6 is 11.8 Å². The number of hydrogen-bond donors (Lipinski definition) is 0. The van der Waals surface area contributed by atoms with Crippen LogP contribution in [0.4, 0.5) is 0 Å². The Balaban J connectivity index is 1.76. The molecule has 0 bridgehead atoms. The monoisotopic (exact) mass is 362 g/mol. The van der Waals surface area contributed by atoms with Gasteiger partial charge in [0.1, 0.15) is 0 Å². The van der Waals surface area contributed by atoms with Crippen LogP contribution in [0.25, 0.3) is 11.4 Å². The second-order valence-electron chi connectivity index (χ2n) is 7.29. The zero-order valence-corrected chi connectivity index (χ0v) is 16.3. The van der Waals surface area contributed by atoms with Crippen molar-refractivity contribution >= 4 is 11.8 Å². The topological polar surface area (TPSA) is 54.5 Å². The zero-order chi connectivity index (χ0) is 18.7. The number of thioether (sulfide) groups is 1. The number of nitrogens with zero attached hydrogens (tertiary/aromatic N) is 4. The van der Waals surface area contributed by atoms with Crippen LogP contribution < -0.4 is 0 Å². The molecule has 0 saturated heterocycles. The Bertz CT molecular complexity index is 943.